The minimum atomic E-state index is -3.71. The average molecular weight is 346 g/mol. The van der Waals surface area contributed by atoms with E-state index in [4.69, 9.17) is 4.18 Å². The van der Waals surface area contributed by atoms with Crippen LogP contribution in [-0.2, 0) is 14.3 Å². The van der Waals surface area contributed by atoms with Crippen LogP contribution in [0, 0.1) is 6.92 Å². The number of hydrogen-bond acceptors (Lipinski definition) is 5. The topological polar surface area (TPSA) is 59.5 Å². The normalized spacial score (nSPS) is 15.6. The van der Waals surface area contributed by atoms with Gasteiger partial charge in [0.2, 0.25) is 0 Å². The van der Waals surface area contributed by atoms with E-state index in [1.807, 2.05) is 24.1 Å². The number of aryl methyl sites for hydroxylation is 1. The molecule has 5 nitrogen and oxygen atoms in total. The maximum absolute atomic E-state index is 12.3. The summed E-state index contributed by atoms with van der Waals surface area (Å²) in [7, 11) is -3.71. The van der Waals surface area contributed by atoms with Crippen LogP contribution in [-0.4, -0.2) is 32.6 Å². The fourth-order valence-corrected chi connectivity index (χ4v) is 3.61. The third kappa shape index (κ3) is 3.60. The van der Waals surface area contributed by atoms with Gasteiger partial charge in [0, 0.05) is 19.3 Å². The van der Waals surface area contributed by atoms with Crippen LogP contribution < -0.4 is 4.90 Å². The van der Waals surface area contributed by atoms with E-state index in [-0.39, 0.29) is 11.0 Å². The maximum Gasteiger partial charge on any atom is 0.297 e. The zero-order chi connectivity index (χ0) is 17.3. The van der Waals surface area contributed by atoms with Gasteiger partial charge in [-0.25, -0.2) is 4.98 Å². The molecule has 128 valence electrons. The number of benzene rings is 1. The first-order chi connectivity index (χ1) is 11.3. The summed E-state index contributed by atoms with van der Waals surface area (Å²) in [6, 6.07) is 10.7. The second-order valence-electron chi connectivity index (χ2n) is 6.49. The Morgan fingerprint density at radius 3 is 2.33 bits per heavy atom. The number of anilines is 1. The quantitative estimate of drug-likeness (QED) is 0.779. The van der Waals surface area contributed by atoms with E-state index in [2.05, 4.69) is 24.9 Å². The Morgan fingerprint density at radius 1 is 1.12 bits per heavy atom. The minimum absolute atomic E-state index is 0.200. The van der Waals surface area contributed by atoms with E-state index < -0.39 is 10.1 Å². The first-order valence-corrected chi connectivity index (χ1v) is 9.47. The molecule has 1 aliphatic rings. The molecule has 2 aromatic rings. The predicted octanol–water partition coefficient (Wildman–Crippen LogP) is 3.11. The van der Waals surface area contributed by atoms with Crippen molar-refractivity contribution in [2.45, 2.75) is 37.7 Å². The van der Waals surface area contributed by atoms with Crippen LogP contribution in [0.2, 0.25) is 0 Å². The lowest BCUT2D eigenvalue weighted by Gasteiger charge is -2.39. The van der Waals surface area contributed by atoms with Crippen molar-refractivity contribution in [3.63, 3.8) is 0 Å². The molecule has 0 bridgehead atoms. The van der Waals surface area contributed by atoms with Gasteiger partial charge in [-0.15, -0.1) is 0 Å². The van der Waals surface area contributed by atoms with Gasteiger partial charge in [-0.1, -0.05) is 37.6 Å². The van der Waals surface area contributed by atoms with Gasteiger partial charge in [0.25, 0.3) is 10.1 Å². The lowest BCUT2D eigenvalue weighted by atomic mass is 10.1. The molecule has 24 heavy (non-hydrogen) atoms. The zero-order valence-electron chi connectivity index (χ0n) is 14.1. The van der Waals surface area contributed by atoms with Gasteiger partial charge in [-0.05, 0) is 36.6 Å². The smallest absolute Gasteiger partial charge is 0.297 e. The summed E-state index contributed by atoms with van der Waals surface area (Å²) >= 11 is 0. The Kier molecular flexibility index (Phi) is 4.60. The minimum Gasteiger partial charge on any atom is -0.351 e. The van der Waals surface area contributed by atoms with E-state index in [0.717, 1.165) is 11.4 Å². The molecular formula is C18H22N2O3S. The predicted molar refractivity (Wildman–Crippen MR) is 93.8 cm³/mol. The third-order valence-electron chi connectivity index (χ3n) is 4.18. The van der Waals surface area contributed by atoms with Gasteiger partial charge >= 0.3 is 0 Å². The van der Waals surface area contributed by atoms with Crippen LogP contribution in [0.1, 0.15) is 30.9 Å². The second-order valence-corrected chi connectivity index (χ2v) is 8.07. The van der Waals surface area contributed by atoms with Crippen molar-refractivity contribution in [1.82, 2.24) is 4.98 Å². The maximum atomic E-state index is 12.3. The van der Waals surface area contributed by atoms with Gasteiger partial charge < -0.3 is 4.90 Å². The van der Waals surface area contributed by atoms with Crippen molar-refractivity contribution >= 4 is 15.9 Å². The molecule has 0 amide bonds. The molecule has 0 radical (unpaired) electrons. The fourth-order valence-electron chi connectivity index (χ4n) is 2.55. The molecule has 0 aliphatic carbocycles. The molecular weight excluding hydrogens is 324 g/mol. The summed E-state index contributed by atoms with van der Waals surface area (Å²) in [5, 5.41) is 0. The summed E-state index contributed by atoms with van der Waals surface area (Å²) < 4.78 is 29.8. The van der Waals surface area contributed by atoms with Crippen LogP contribution in [0.25, 0.3) is 0 Å². The van der Waals surface area contributed by atoms with Crippen LogP contribution in [0.5, 0.6) is 0 Å². The van der Waals surface area contributed by atoms with E-state index in [1.165, 1.54) is 5.56 Å². The monoisotopic (exact) mass is 346 g/mol. The van der Waals surface area contributed by atoms with E-state index in [0.29, 0.717) is 19.0 Å². The molecule has 6 heteroatoms. The van der Waals surface area contributed by atoms with Gasteiger partial charge in [0.15, 0.2) is 0 Å². The molecule has 0 unspecified atom stereocenters. The van der Waals surface area contributed by atoms with Crippen molar-refractivity contribution in [3.05, 3.63) is 53.7 Å². The average Bonchev–Trinajstić information content (AvgIpc) is 2.51. The summed E-state index contributed by atoms with van der Waals surface area (Å²) in [4.78, 5) is 6.65. The number of rotatable bonds is 5. The van der Waals surface area contributed by atoms with Crippen LogP contribution in [0.4, 0.5) is 5.82 Å². The molecule has 1 fully saturated rings. The van der Waals surface area contributed by atoms with Crippen LogP contribution in [0.15, 0.2) is 47.5 Å². The molecule has 0 saturated carbocycles. The highest BCUT2D eigenvalue weighted by molar-refractivity contribution is 7.86. The Morgan fingerprint density at radius 2 is 1.79 bits per heavy atom. The van der Waals surface area contributed by atoms with Gasteiger partial charge in [0.05, 0.1) is 4.90 Å². The largest absolute Gasteiger partial charge is 0.351 e. The van der Waals surface area contributed by atoms with Crippen molar-refractivity contribution in [3.8, 4) is 0 Å². The second kappa shape index (κ2) is 6.53. The SMILES string of the molecule is Cc1ccc(S(=O)(=O)OC2CN(c3ccc(C(C)C)cn3)C2)cc1. The first kappa shape index (κ1) is 16.9. The molecule has 0 atom stereocenters. The Labute approximate surface area is 143 Å². The lowest BCUT2D eigenvalue weighted by molar-refractivity contribution is 0.174. The highest BCUT2D eigenvalue weighted by Crippen LogP contribution is 2.25. The van der Waals surface area contributed by atoms with E-state index >= 15 is 0 Å². The number of aromatic nitrogens is 1. The highest BCUT2D eigenvalue weighted by Gasteiger charge is 2.33. The lowest BCUT2D eigenvalue weighted by Crippen LogP contribution is -2.53. The van der Waals surface area contributed by atoms with Gasteiger partial charge in [-0.3, -0.25) is 4.18 Å². The number of nitrogens with zero attached hydrogens (tertiary/aromatic N) is 2. The molecule has 0 N–H and O–H groups in total. The molecule has 0 spiro atoms. The fraction of sp³-hybridized carbons (Fsp3) is 0.389. The van der Waals surface area contributed by atoms with Crippen molar-refractivity contribution in [2.24, 2.45) is 0 Å². The number of hydrogen-bond donors (Lipinski definition) is 0. The van der Waals surface area contributed by atoms with Gasteiger partial charge in [0.1, 0.15) is 11.9 Å². The van der Waals surface area contributed by atoms with Crippen molar-refractivity contribution in [1.29, 1.82) is 0 Å². The molecule has 1 aromatic carbocycles. The summed E-state index contributed by atoms with van der Waals surface area (Å²) in [6.07, 6.45) is 1.54. The Balaban J connectivity index is 1.59. The van der Waals surface area contributed by atoms with Crippen LogP contribution in [0.3, 0.4) is 0 Å². The van der Waals surface area contributed by atoms with Crippen LogP contribution >= 0.6 is 0 Å². The third-order valence-corrected chi connectivity index (χ3v) is 5.56. The Bertz CT molecular complexity index is 793. The molecule has 2 heterocycles. The zero-order valence-corrected chi connectivity index (χ0v) is 15.0. The van der Waals surface area contributed by atoms with Crippen molar-refractivity contribution in [2.75, 3.05) is 18.0 Å². The molecule has 3 rings (SSSR count). The Hall–Kier alpha value is -1.92. The number of pyridine rings is 1. The summed E-state index contributed by atoms with van der Waals surface area (Å²) in [5.41, 5.74) is 2.20. The van der Waals surface area contributed by atoms with E-state index in [9.17, 15) is 8.42 Å². The summed E-state index contributed by atoms with van der Waals surface area (Å²) in [5.74, 6) is 1.30. The highest BCUT2D eigenvalue weighted by atomic mass is 32.2. The van der Waals surface area contributed by atoms with Crippen molar-refractivity contribution < 1.29 is 12.6 Å². The standard InChI is InChI=1S/C18H22N2O3S/c1-13(2)15-6-9-18(19-10-15)20-11-16(12-20)23-24(21,22)17-7-4-14(3)5-8-17/h4-10,13,16H,11-12H2,1-3H3. The molecule has 1 aliphatic heterocycles. The summed E-state index contributed by atoms with van der Waals surface area (Å²) in [6.45, 7) is 7.22. The van der Waals surface area contributed by atoms with Gasteiger partial charge in [-0.2, -0.15) is 8.42 Å². The molecule has 1 saturated heterocycles. The molecule has 1 aromatic heterocycles. The first-order valence-electron chi connectivity index (χ1n) is 8.06. The van der Waals surface area contributed by atoms with E-state index in [1.54, 1.807) is 24.3 Å².